The Hall–Kier alpha value is -2.61. The number of hydrogen-bond acceptors (Lipinski definition) is 5. The van der Waals surface area contributed by atoms with Gasteiger partial charge in [-0.15, -0.1) is 0 Å². The molecule has 0 fully saturated rings. The van der Waals surface area contributed by atoms with Crippen molar-refractivity contribution < 1.29 is 18.1 Å². The molecule has 0 atom stereocenters. The Morgan fingerprint density at radius 2 is 1.92 bits per heavy atom. The minimum atomic E-state index is -3.77. The van der Waals surface area contributed by atoms with E-state index in [4.69, 9.17) is 4.74 Å². The number of benzene rings is 2. The van der Waals surface area contributed by atoms with Crippen molar-refractivity contribution in [3.05, 3.63) is 58.1 Å². The van der Waals surface area contributed by atoms with Gasteiger partial charge < -0.3 is 4.74 Å². The Morgan fingerprint density at radius 1 is 1.21 bits per heavy atom. The molecule has 8 heteroatoms. The largest absolute Gasteiger partial charge is 0.494 e. The van der Waals surface area contributed by atoms with E-state index in [1.54, 1.807) is 18.2 Å². The number of ether oxygens (including phenoxy) is 1. The molecule has 0 N–H and O–H groups in total. The molecule has 1 heterocycles. The van der Waals surface area contributed by atoms with E-state index in [-0.39, 0.29) is 17.1 Å². The van der Waals surface area contributed by atoms with Crippen LogP contribution in [0.4, 0.5) is 11.4 Å². The number of fused-ring (bicyclic) bond motifs is 1. The maximum atomic E-state index is 12.9. The summed E-state index contributed by atoms with van der Waals surface area (Å²) in [7, 11) is -3.77. The molecule has 24 heavy (non-hydrogen) atoms. The number of sulfonamides is 1. The van der Waals surface area contributed by atoms with Gasteiger partial charge in [-0.05, 0) is 43.2 Å². The second-order valence-electron chi connectivity index (χ2n) is 5.30. The van der Waals surface area contributed by atoms with Crippen LogP contribution < -0.4 is 9.04 Å². The summed E-state index contributed by atoms with van der Waals surface area (Å²) in [5, 5.41) is 10.9. The van der Waals surface area contributed by atoms with E-state index in [0.29, 0.717) is 24.5 Å². The lowest BCUT2D eigenvalue weighted by Gasteiger charge is -2.19. The van der Waals surface area contributed by atoms with E-state index in [1.165, 1.54) is 28.6 Å². The van der Waals surface area contributed by atoms with E-state index < -0.39 is 14.9 Å². The Kier molecular flexibility index (Phi) is 4.15. The monoisotopic (exact) mass is 348 g/mol. The van der Waals surface area contributed by atoms with Crippen molar-refractivity contribution in [3.63, 3.8) is 0 Å². The fourth-order valence-electron chi connectivity index (χ4n) is 2.70. The van der Waals surface area contributed by atoms with Gasteiger partial charge in [0.2, 0.25) is 0 Å². The first kappa shape index (κ1) is 16.3. The average Bonchev–Trinajstić information content (AvgIpc) is 2.99. The van der Waals surface area contributed by atoms with Crippen LogP contribution >= 0.6 is 0 Å². The van der Waals surface area contributed by atoms with Gasteiger partial charge in [-0.3, -0.25) is 14.4 Å². The fourth-order valence-corrected chi connectivity index (χ4v) is 4.20. The molecule has 2 aromatic carbocycles. The van der Waals surface area contributed by atoms with E-state index in [9.17, 15) is 18.5 Å². The molecule has 1 aliphatic rings. The minimum absolute atomic E-state index is 0.123. The van der Waals surface area contributed by atoms with Crippen LogP contribution in [0, 0.1) is 10.1 Å². The lowest BCUT2D eigenvalue weighted by Crippen LogP contribution is -2.29. The van der Waals surface area contributed by atoms with Gasteiger partial charge in [0.1, 0.15) is 5.75 Å². The summed E-state index contributed by atoms with van der Waals surface area (Å²) in [4.78, 5) is 10.6. The highest BCUT2D eigenvalue weighted by atomic mass is 32.2. The zero-order valence-corrected chi connectivity index (χ0v) is 13.8. The molecular weight excluding hydrogens is 332 g/mol. The van der Waals surface area contributed by atoms with Crippen LogP contribution in [-0.2, 0) is 16.4 Å². The predicted molar refractivity (Wildman–Crippen MR) is 88.9 cm³/mol. The third kappa shape index (κ3) is 2.80. The zero-order chi connectivity index (χ0) is 17.3. The van der Waals surface area contributed by atoms with Crippen molar-refractivity contribution >= 4 is 21.4 Å². The van der Waals surface area contributed by atoms with Crippen molar-refractivity contribution in [1.29, 1.82) is 0 Å². The molecule has 0 bridgehead atoms. The molecule has 0 radical (unpaired) electrons. The van der Waals surface area contributed by atoms with E-state index in [2.05, 4.69) is 0 Å². The Balaban J connectivity index is 1.98. The number of nitro groups is 1. The van der Waals surface area contributed by atoms with E-state index >= 15 is 0 Å². The van der Waals surface area contributed by atoms with Crippen LogP contribution in [0.3, 0.4) is 0 Å². The number of anilines is 1. The van der Waals surface area contributed by atoms with Gasteiger partial charge in [0.05, 0.1) is 22.1 Å². The second-order valence-corrected chi connectivity index (χ2v) is 7.16. The smallest absolute Gasteiger partial charge is 0.271 e. The highest BCUT2D eigenvalue weighted by molar-refractivity contribution is 7.92. The van der Waals surface area contributed by atoms with Crippen molar-refractivity contribution in [2.45, 2.75) is 18.2 Å². The number of hydrogen-bond donors (Lipinski definition) is 0. The standard InChI is InChI=1S/C16H16N2O5S/c1-2-23-14-5-7-15(8-6-14)24(21,22)17-10-9-12-3-4-13(18(19)20)11-16(12)17/h3-8,11H,2,9-10H2,1H3. The van der Waals surface area contributed by atoms with Crippen LogP contribution in [0.15, 0.2) is 47.4 Å². The number of nitro benzene ring substituents is 1. The van der Waals surface area contributed by atoms with Crippen molar-refractivity contribution in [3.8, 4) is 5.75 Å². The first-order valence-corrected chi connectivity index (χ1v) is 8.90. The Labute approximate surface area is 139 Å². The van der Waals surface area contributed by atoms with Gasteiger partial charge in [0.25, 0.3) is 15.7 Å². The summed E-state index contributed by atoms with van der Waals surface area (Å²) < 4.78 is 32.3. The molecule has 2 aromatic rings. The average molecular weight is 348 g/mol. The Bertz CT molecular complexity index is 878. The molecule has 0 unspecified atom stereocenters. The molecule has 0 aromatic heterocycles. The summed E-state index contributed by atoms with van der Waals surface area (Å²) in [6.45, 7) is 2.61. The molecule has 126 valence electrons. The maximum absolute atomic E-state index is 12.9. The predicted octanol–water partition coefficient (Wildman–Crippen LogP) is 2.74. The summed E-state index contributed by atoms with van der Waals surface area (Å²) in [6, 6.07) is 10.5. The quantitative estimate of drug-likeness (QED) is 0.612. The van der Waals surface area contributed by atoms with E-state index in [0.717, 1.165) is 5.56 Å². The first-order valence-electron chi connectivity index (χ1n) is 7.46. The topological polar surface area (TPSA) is 89.8 Å². The second kappa shape index (κ2) is 6.12. The number of rotatable bonds is 5. The SMILES string of the molecule is CCOc1ccc(S(=O)(=O)N2CCc3ccc([N+](=O)[O-])cc32)cc1. The molecule has 0 aliphatic carbocycles. The summed E-state index contributed by atoms with van der Waals surface area (Å²) in [5.74, 6) is 0.592. The number of non-ortho nitro benzene ring substituents is 1. The molecule has 3 rings (SSSR count). The minimum Gasteiger partial charge on any atom is -0.494 e. The molecule has 0 amide bonds. The van der Waals surface area contributed by atoms with Gasteiger partial charge in [0, 0.05) is 18.7 Å². The van der Waals surface area contributed by atoms with Gasteiger partial charge >= 0.3 is 0 Å². The van der Waals surface area contributed by atoms with Gasteiger partial charge in [-0.2, -0.15) is 0 Å². The molecule has 0 saturated heterocycles. The maximum Gasteiger partial charge on any atom is 0.271 e. The highest BCUT2D eigenvalue weighted by Crippen LogP contribution is 2.35. The summed E-state index contributed by atoms with van der Waals surface area (Å²) in [6.07, 6.45) is 0.531. The molecule has 7 nitrogen and oxygen atoms in total. The number of nitrogens with zero attached hydrogens (tertiary/aromatic N) is 2. The molecule has 0 spiro atoms. The fraction of sp³-hybridized carbons (Fsp3) is 0.250. The van der Waals surface area contributed by atoms with E-state index in [1.807, 2.05) is 6.92 Å². The molecule has 1 aliphatic heterocycles. The summed E-state index contributed by atoms with van der Waals surface area (Å²) >= 11 is 0. The van der Waals surface area contributed by atoms with Crippen molar-refractivity contribution in [2.75, 3.05) is 17.5 Å². The van der Waals surface area contributed by atoms with Crippen molar-refractivity contribution in [2.24, 2.45) is 0 Å². The van der Waals surface area contributed by atoms with Gasteiger partial charge in [0.15, 0.2) is 0 Å². The van der Waals surface area contributed by atoms with Gasteiger partial charge in [-0.25, -0.2) is 8.42 Å². The first-order chi connectivity index (χ1) is 11.4. The van der Waals surface area contributed by atoms with Crippen LogP contribution in [0.2, 0.25) is 0 Å². The lowest BCUT2D eigenvalue weighted by molar-refractivity contribution is -0.384. The van der Waals surface area contributed by atoms with Crippen LogP contribution in [0.5, 0.6) is 5.75 Å². The van der Waals surface area contributed by atoms with Gasteiger partial charge in [-0.1, -0.05) is 6.07 Å². The third-order valence-electron chi connectivity index (χ3n) is 3.86. The highest BCUT2D eigenvalue weighted by Gasteiger charge is 2.32. The molecule has 0 saturated carbocycles. The molecular formula is C16H16N2O5S. The lowest BCUT2D eigenvalue weighted by atomic mass is 10.1. The normalized spacial score (nSPS) is 13.6. The Morgan fingerprint density at radius 3 is 2.54 bits per heavy atom. The van der Waals surface area contributed by atoms with Crippen LogP contribution in [0.1, 0.15) is 12.5 Å². The van der Waals surface area contributed by atoms with Crippen LogP contribution in [0.25, 0.3) is 0 Å². The summed E-state index contributed by atoms with van der Waals surface area (Å²) in [5.41, 5.74) is 1.04. The van der Waals surface area contributed by atoms with Crippen molar-refractivity contribution in [1.82, 2.24) is 0 Å². The van der Waals surface area contributed by atoms with Crippen LogP contribution in [-0.4, -0.2) is 26.5 Å². The third-order valence-corrected chi connectivity index (χ3v) is 5.68. The zero-order valence-electron chi connectivity index (χ0n) is 13.0.